The van der Waals surface area contributed by atoms with Crippen LogP contribution in [0, 0.1) is 6.92 Å². The van der Waals surface area contributed by atoms with Crippen LogP contribution >= 0.6 is 0 Å². The van der Waals surface area contributed by atoms with Crippen LogP contribution in [0.15, 0.2) is 12.4 Å². The highest BCUT2D eigenvalue weighted by atomic mass is 16.5. The van der Waals surface area contributed by atoms with Gasteiger partial charge in [-0.3, -0.25) is 4.79 Å². The van der Waals surface area contributed by atoms with Crippen LogP contribution in [0.4, 0.5) is 0 Å². The van der Waals surface area contributed by atoms with Crippen LogP contribution in [-0.4, -0.2) is 28.7 Å². The molecule has 0 fully saturated rings. The number of ether oxygens (including phenoxy) is 1. The molecule has 0 saturated heterocycles. The third-order valence-electron chi connectivity index (χ3n) is 1.82. The van der Waals surface area contributed by atoms with Crippen LogP contribution < -0.4 is 5.73 Å². The van der Waals surface area contributed by atoms with Gasteiger partial charge in [0.05, 0.1) is 7.11 Å². The monoisotopic (exact) mass is 183 g/mol. The molecule has 0 aliphatic heterocycles. The van der Waals surface area contributed by atoms with Crippen LogP contribution in [0.25, 0.3) is 0 Å². The molecule has 0 aliphatic carbocycles. The fourth-order valence-electron chi connectivity index (χ4n) is 1.03. The normalized spacial score (nSPS) is 12.5. The van der Waals surface area contributed by atoms with Crippen molar-refractivity contribution in [2.45, 2.75) is 19.5 Å². The van der Waals surface area contributed by atoms with Gasteiger partial charge in [0, 0.05) is 18.9 Å². The highest BCUT2D eigenvalue weighted by Crippen LogP contribution is 1.97. The Morgan fingerprint density at radius 3 is 3.00 bits per heavy atom. The molecule has 0 saturated carbocycles. The number of imidazole rings is 1. The summed E-state index contributed by atoms with van der Waals surface area (Å²) >= 11 is 0. The Labute approximate surface area is 76.5 Å². The van der Waals surface area contributed by atoms with E-state index < -0.39 is 12.0 Å². The third-order valence-corrected chi connectivity index (χ3v) is 1.82. The number of esters is 1. The lowest BCUT2D eigenvalue weighted by atomic mass is 10.3. The van der Waals surface area contributed by atoms with Crippen molar-refractivity contribution in [2.24, 2.45) is 5.73 Å². The number of hydrogen-bond acceptors (Lipinski definition) is 4. The summed E-state index contributed by atoms with van der Waals surface area (Å²) in [6.45, 7) is 2.25. The summed E-state index contributed by atoms with van der Waals surface area (Å²) in [5, 5.41) is 0. The summed E-state index contributed by atoms with van der Waals surface area (Å²) in [6.07, 6.45) is 3.44. The number of hydrogen-bond donors (Lipinski definition) is 1. The summed E-state index contributed by atoms with van der Waals surface area (Å²) in [4.78, 5) is 15.0. The highest BCUT2D eigenvalue weighted by Gasteiger charge is 2.14. The molecule has 0 aromatic carbocycles. The number of carbonyl (C=O) groups is 1. The van der Waals surface area contributed by atoms with Gasteiger partial charge in [-0.1, -0.05) is 0 Å². The molecule has 5 heteroatoms. The van der Waals surface area contributed by atoms with Crippen molar-refractivity contribution in [1.29, 1.82) is 0 Å². The maximum atomic E-state index is 11.0. The fraction of sp³-hybridized carbons (Fsp3) is 0.500. The summed E-state index contributed by atoms with van der Waals surface area (Å²) in [5.41, 5.74) is 5.56. The van der Waals surface area contributed by atoms with Gasteiger partial charge in [-0.15, -0.1) is 0 Å². The molecule has 0 aliphatic rings. The first-order valence-corrected chi connectivity index (χ1v) is 3.96. The second kappa shape index (κ2) is 4.04. The average Bonchev–Trinajstić information content (AvgIpc) is 2.50. The Balaban J connectivity index is 2.59. The molecule has 2 N–H and O–H groups in total. The smallest absolute Gasteiger partial charge is 0.324 e. The van der Waals surface area contributed by atoms with Crippen molar-refractivity contribution in [1.82, 2.24) is 9.55 Å². The Kier molecular flexibility index (Phi) is 3.02. The van der Waals surface area contributed by atoms with Gasteiger partial charge in [0.25, 0.3) is 0 Å². The lowest BCUT2D eigenvalue weighted by Crippen LogP contribution is -2.35. The van der Waals surface area contributed by atoms with E-state index in [2.05, 4.69) is 9.72 Å². The molecule has 13 heavy (non-hydrogen) atoms. The van der Waals surface area contributed by atoms with E-state index in [4.69, 9.17) is 5.73 Å². The van der Waals surface area contributed by atoms with E-state index in [1.165, 1.54) is 7.11 Å². The number of nitrogens with zero attached hydrogens (tertiary/aromatic N) is 2. The Bertz CT molecular complexity index is 295. The third kappa shape index (κ3) is 2.29. The fourth-order valence-corrected chi connectivity index (χ4v) is 1.03. The number of carbonyl (C=O) groups excluding carboxylic acids is 1. The molecular weight excluding hydrogens is 170 g/mol. The number of aryl methyl sites for hydroxylation is 1. The van der Waals surface area contributed by atoms with Gasteiger partial charge in [-0.25, -0.2) is 4.98 Å². The second-order valence-corrected chi connectivity index (χ2v) is 2.76. The number of nitrogens with two attached hydrogens (primary N) is 1. The van der Waals surface area contributed by atoms with E-state index >= 15 is 0 Å². The molecule has 0 bridgehead atoms. The topological polar surface area (TPSA) is 70.1 Å². The maximum absolute atomic E-state index is 11.0. The minimum atomic E-state index is -0.627. The summed E-state index contributed by atoms with van der Waals surface area (Å²) in [6, 6.07) is -0.627. The zero-order valence-electron chi connectivity index (χ0n) is 7.73. The molecule has 5 nitrogen and oxygen atoms in total. The van der Waals surface area contributed by atoms with Gasteiger partial charge in [-0.2, -0.15) is 0 Å². The number of aromatic nitrogens is 2. The van der Waals surface area contributed by atoms with E-state index in [0.717, 1.165) is 5.82 Å². The first-order valence-electron chi connectivity index (χ1n) is 3.96. The Morgan fingerprint density at radius 1 is 1.85 bits per heavy atom. The Morgan fingerprint density at radius 2 is 2.54 bits per heavy atom. The zero-order valence-corrected chi connectivity index (χ0v) is 7.73. The molecule has 72 valence electrons. The van der Waals surface area contributed by atoms with Gasteiger partial charge < -0.3 is 15.0 Å². The number of rotatable bonds is 3. The molecule has 1 rings (SSSR count). The van der Waals surface area contributed by atoms with E-state index in [0.29, 0.717) is 6.54 Å². The Hall–Kier alpha value is -1.36. The maximum Gasteiger partial charge on any atom is 0.324 e. The molecule has 0 radical (unpaired) electrons. The van der Waals surface area contributed by atoms with Crippen LogP contribution in [-0.2, 0) is 16.1 Å². The lowest BCUT2D eigenvalue weighted by molar-refractivity contribution is -0.142. The van der Waals surface area contributed by atoms with Crippen LogP contribution in [0.3, 0.4) is 0 Å². The minimum absolute atomic E-state index is 0.401. The van der Waals surface area contributed by atoms with E-state index in [9.17, 15) is 4.79 Å². The van der Waals surface area contributed by atoms with Gasteiger partial charge in [-0.05, 0) is 6.92 Å². The first kappa shape index (κ1) is 9.73. The van der Waals surface area contributed by atoms with E-state index in [1.807, 2.05) is 11.5 Å². The minimum Gasteiger partial charge on any atom is -0.468 e. The van der Waals surface area contributed by atoms with Crippen LogP contribution in [0.5, 0.6) is 0 Å². The van der Waals surface area contributed by atoms with Crippen molar-refractivity contribution < 1.29 is 9.53 Å². The van der Waals surface area contributed by atoms with Crippen LogP contribution in [0.2, 0.25) is 0 Å². The lowest BCUT2D eigenvalue weighted by Gasteiger charge is -2.10. The highest BCUT2D eigenvalue weighted by molar-refractivity contribution is 5.75. The van der Waals surface area contributed by atoms with Crippen molar-refractivity contribution >= 4 is 5.97 Å². The molecular formula is C8H13N3O2. The molecule has 0 amide bonds. The summed E-state index contributed by atoms with van der Waals surface area (Å²) < 4.78 is 6.31. The van der Waals surface area contributed by atoms with Gasteiger partial charge >= 0.3 is 5.97 Å². The SMILES string of the molecule is COC(=O)C(N)Cn1ccnc1C. The van der Waals surface area contributed by atoms with E-state index in [-0.39, 0.29) is 0 Å². The van der Waals surface area contributed by atoms with Gasteiger partial charge in [0.15, 0.2) is 0 Å². The zero-order chi connectivity index (χ0) is 9.84. The van der Waals surface area contributed by atoms with Crippen molar-refractivity contribution in [3.63, 3.8) is 0 Å². The molecule has 1 aromatic heterocycles. The van der Waals surface area contributed by atoms with Crippen LogP contribution in [0.1, 0.15) is 5.82 Å². The number of methoxy groups -OCH3 is 1. The van der Waals surface area contributed by atoms with Crippen molar-refractivity contribution in [3.05, 3.63) is 18.2 Å². The molecule has 1 unspecified atom stereocenters. The molecule has 1 aromatic rings. The second-order valence-electron chi connectivity index (χ2n) is 2.76. The predicted octanol–water partition coefficient (Wildman–Crippen LogP) is -0.308. The van der Waals surface area contributed by atoms with Gasteiger partial charge in [0.2, 0.25) is 0 Å². The molecule has 1 atom stereocenters. The van der Waals surface area contributed by atoms with Crippen molar-refractivity contribution in [2.75, 3.05) is 7.11 Å². The predicted molar refractivity (Wildman–Crippen MR) is 47.0 cm³/mol. The summed E-state index contributed by atoms with van der Waals surface area (Å²) in [5.74, 6) is 0.424. The molecule has 1 heterocycles. The van der Waals surface area contributed by atoms with Gasteiger partial charge in [0.1, 0.15) is 11.9 Å². The molecule has 0 spiro atoms. The summed E-state index contributed by atoms with van der Waals surface area (Å²) in [7, 11) is 1.32. The largest absolute Gasteiger partial charge is 0.468 e. The van der Waals surface area contributed by atoms with E-state index in [1.54, 1.807) is 12.4 Å². The first-order chi connectivity index (χ1) is 6.15. The van der Waals surface area contributed by atoms with Crippen molar-refractivity contribution in [3.8, 4) is 0 Å². The average molecular weight is 183 g/mol. The quantitative estimate of drug-likeness (QED) is 0.653. The standard InChI is InChI=1S/C8H13N3O2/c1-6-10-3-4-11(6)5-7(9)8(12)13-2/h3-4,7H,5,9H2,1-2H3.